The van der Waals surface area contributed by atoms with Gasteiger partial charge in [0, 0.05) is 22.4 Å². The number of thioether (sulfide) groups is 1. The highest BCUT2D eigenvalue weighted by Crippen LogP contribution is 2.26. The minimum Gasteiger partial charge on any atom is -0.496 e. The van der Waals surface area contributed by atoms with Crippen LogP contribution in [0.25, 0.3) is 0 Å². The molecule has 1 aromatic carbocycles. The molecule has 0 bridgehead atoms. The van der Waals surface area contributed by atoms with Gasteiger partial charge >= 0.3 is 0 Å². The van der Waals surface area contributed by atoms with E-state index in [-0.39, 0.29) is 0 Å². The van der Waals surface area contributed by atoms with Crippen LogP contribution in [0.15, 0.2) is 23.2 Å². The monoisotopic (exact) mass is 270 g/mol. The lowest BCUT2D eigenvalue weighted by Crippen LogP contribution is -2.19. The zero-order valence-corrected chi connectivity index (χ0v) is 11.4. The van der Waals surface area contributed by atoms with Gasteiger partial charge in [0.25, 0.3) is 0 Å². The highest BCUT2D eigenvalue weighted by atomic mass is 35.5. The number of ether oxygens (including phenoxy) is 1. The number of nitrogens with one attached hydrogen (secondary N) is 1. The fraction of sp³-hybridized carbons (Fsp3) is 0.417. The molecule has 1 unspecified atom stereocenters. The summed E-state index contributed by atoms with van der Waals surface area (Å²) >= 11 is 7.91. The lowest BCUT2D eigenvalue weighted by Gasteiger charge is -2.11. The van der Waals surface area contributed by atoms with Gasteiger partial charge in [-0.25, -0.2) is 0 Å². The third kappa shape index (κ3) is 3.07. The van der Waals surface area contributed by atoms with E-state index in [2.05, 4.69) is 17.2 Å². The summed E-state index contributed by atoms with van der Waals surface area (Å²) in [6.45, 7) is 3.69. The van der Waals surface area contributed by atoms with Crippen molar-refractivity contribution in [2.45, 2.75) is 18.7 Å². The lowest BCUT2D eigenvalue weighted by molar-refractivity contribution is 0.409. The first-order chi connectivity index (χ1) is 8.20. The minimum absolute atomic E-state index is 0.561. The van der Waals surface area contributed by atoms with E-state index in [4.69, 9.17) is 16.3 Å². The summed E-state index contributed by atoms with van der Waals surface area (Å²) < 4.78 is 5.29. The average Bonchev–Trinajstić information content (AvgIpc) is 2.73. The van der Waals surface area contributed by atoms with Crippen molar-refractivity contribution in [1.82, 2.24) is 5.32 Å². The van der Waals surface area contributed by atoms with Crippen LogP contribution in [0.2, 0.25) is 5.02 Å². The number of rotatable bonds is 3. The molecule has 92 valence electrons. The minimum atomic E-state index is 0.561. The Hall–Kier alpha value is -0.870. The molecule has 1 aliphatic heterocycles. The van der Waals surface area contributed by atoms with Crippen molar-refractivity contribution >= 4 is 28.5 Å². The zero-order valence-electron chi connectivity index (χ0n) is 9.87. The molecule has 17 heavy (non-hydrogen) atoms. The van der Waals surface area contributed by atoms with Crippen molar-refractivity contribution in [2.75, 3.05) is 13.7 Å². The number of nitrogens with zero attached hydrogens (tertiary/aromatic N) is 1. The van der Waals surface area contributed by atoms with Crippen LogP contribution in [0.4, 0.5) is 0 Å². The first-order valence-electron chi connectivity index (χ1n) is 5.47. The molecule has 0 saturated heterocycles. The van der Waals surface area contributed by atoms with Crippen LogP contribution in [0.5, 0.6) is 5.75 Å². The van der Waals surface area contributed by atoms with Gasteiger partial charge in [0.1, 0.15) is 5.75 Å². The number of halogens is 1. The van der Waals surface area contributed by atoms with Crippen LogP contribution in [0, 0.1) is 0 Å². The summed E-state index contributed by atoms with van der Waals surface area (Å²) in [6.07, 6.45) is 0. The van der Waals surface area contributed by atoms with Crippen molar-refractivity contribution < 1.29 is 4.74 Å². The second-order valence-electron chi connectivity index (χ2n) is 3.85. The molecular formula is C12H15ClN2OS. The van der Waals surface area contributed by atoms with Crippen LogP contribution in [0.3, 0.4) is 0 Å². The summed E-state index contributed by atoms with van der Waals surface area (Å²) in [5, 5.41) is 5.55. The van der Waals surface area contributed by atoms with E-state index in [1.165, 1.54) is 0 Å². The van der Waals surface area contributed by atoms with Crippen LogP contribution in [-0.2, 0) is 6.54 Å². The average molecular weight is 271 g/mol. The van der Waals surface area contributed by atoms with Gasteiger partial charge in [-0.1, -0.05) is 36.4 Å². The molecule has 0 spiro atoms. The molecule has 0 saturated carbocycles. The van der Waals surface area contributed by atoms with Crippen LogP contribution >= 0.6 is 23.4 Å². The van der Waals surface area contributed by atoms with Crippen molar-refractivity contribution in [3.8, 4) is 5.75 Å². The molecule has 5 heteroatoms. The SMILES string of the molecule is COc1cccc(Cl)c1CNC1=NCC(C)S1. The third-order valence-corrected chi connectivity index (χ3v) is 3.92. The molecule has 0 aromatic heterocycles. The van der Waals surface area contributed by atoms with E-state index in [1.807, 2.05) is 18.2 Å². The van der Waals surface area contributed by atoms with Gasteiger partial charge in [-0.15, -0.1) is 0 Å². The Morgan fingerprint density at radius 3 is 3.06 bits per heavy atom. The smallest absolute Gasteiger partial charge is 0.157 e. The molecular weight excluding hydrogens is 256 g/mol. The quantitative estimate of drug-likeness (QED) is 0.917. The van der Waals surface area contributed by atoms with Crippen molar-refractivity contribution in [1.29, 1.82) is 0 Å². The third-order valence-electron chi connectivity index (χ3n) is 2.52. The number of benzene rings is 1. The van der Waals surface area contributed by atoms with Gasteiger partial charge in [-0.05, 0) is 12.1 Å². The molecule has 3 nitrogen and oxygen atoms in total. The van der Waals surface area contributed by atoms with E-state index < -0.39 is 0 Å². The van der Waals surface area contributed by atoms with E-state index in [1.54, 1.807) is 18.9 Å². The van der Waals surface area contributed by atoms with Crippen LogP contribution < -0.4 is 10.1 Å². The van der Waals surface area contributed by atoms with Crippen LogP contribution in [0.1, 0.15) is 12.5 Å². The number of hydrogen-bond acceptors (Lipinski definition) is 4. The summed E-state index contributed by atoms with van der Waals surface area (Å²) in [4.78, 5) is 4.40. The number of aliphatic imine (C=N–C) groups is 1. The van der Waals surface area contributed by atoms with Gasteiger partial charge in [0.05, 0.1) is 13.7 Å². The Bertz CT molecular complexity index is 437. The summed E-state index contributed by atoms with van der Waals surface area (Å²) in [5.74, 6) is 0.807. The second-order valence-corrected chi connectivity index (χ2v) is 5.68. The summed E-state index contributed by atoms with van der Waals surface area (Å²) in [6, 6.07) is 5.66. The number of methoxy groups -OCH3 is 1. The van der Waals surface area contributed by atoms with E-state index in [0.717, 1.165) is 23.0 Å². The van der Waals surface area contributed by atoms with Gasteiger partial charge in [0.2, 0.25) is 0 Å². The highest BCUT2D eigenvalue weighted by molar-refractivity contribution is 8.14. The fourth-order valence-electron chi connectivity index (χ4n) is 1.64. The topological polar surface area (TPSA) is 33.6 Å². The predicted octanol–water partition coefficient (Wildman–Crippen LogP) is 2.93. The molecule has 0 aliphatic carbocycles. The molecule has 0 radical (unpaired) electrons. The maximum atomic E-state index is 6.16. The Morgan fingerprint density at radius 1 is 1.59 bits per heavy atom. The first kappa shape index (κ1) is 12.6. The number of hydrogen-bond donors (Lipinski definition) is 1. The Morgan fingerprint density at radius 2 is 2.41 bits per heavy atom. The van der Waals surface area contributed by atoms with E-state index in [9.17, 15) is 0 Å². The standard InChI is InChI=1S/C12H15ClN2OS/c1-8-6-14-12(17-8)15-7-9-10(13)4-3-5-11(9)16-2/h3-5,8H,6-7H2,1-2H3,(H,14,15). The van der Waals surface area contributed by atoms with Gasteiger partial charge < -0.3 is 10.1 Å². The van der Waals surface area contributed by atoms with Crippen LogP contribution in [-0.4, -0.2) is 24.1 Å². The Kier molecular flexibility index (Phi) is 4.18. The normalized spacial score (nSPS) is 19.0. The molecule has 1 aromatic rings. The lowest BCUT2D eigenvalue weighted by atomic mass is 10.2. The molecule has 1 N–H and O–H groups in total. The van der Waals surface area contributed by atoms with E-state index in [0.29, 0.717) is 16.8 Å². The van der Waals surface area contributed by atoms with Gasteiger partial charge in [0.15, 0.2) is 5.17 Å². The maximum Gasteiger partial charge on any atom is 0.157 e. The summed E-state index contributed by atoms with van der Waals surface area (Å²) in [7, 11) is 1.65. The fourth-order valence-corrected chi connectivity index (χ4v) is 2.71. The van der Waals surface area contributed by atoms with Gasteiger partial charge in [-0.3, -0.25) is 4.99 Å². The largest absolute Gasteiger partial charge is 0.496 e. The molecule has 0 amide bonds. The molecule has 1 aliphatic rings. The number of amidine groups is 1. The first-order valence-corrected chi connectivity index (χ1v) is 6.73. The van der Waals surface area contributed by atoms with E-state index >= 15 is 0 Å². The second kappa shape index (κ2) is 5.65. The maximum absolute atomic E-state index is 6.16. The zero-order chi connectivity index (χ0) is 12.3. The van der Waals surface area contributed by atoms with Crippen molar-refractivity contribution in [3.63, 3.8) is 0 Å². The van der Waals surface area contributed by atoms with Crippen molar-refractivity contribution in [3.05, 3.63) is 28.8 Å². The molecule has 0 fully saturated rings. The highest BCUT2D eigenvalue weighted by Gasteiger charge is 2.15. The predicted molar refractivity (Wildman–Crippen MR) is 74.2 cm³/mol. The Balaban J connectivity index is 2.03. The molecule has 1 heterocycles. The molecule has 1 atom stereocenters. The Labute approximate surface area is 111 Å². The molecule has 2 rings (SSSR count). The van der Waals surface area contributed by atoms with Crippen molar-refractivity contribution in [2.24, 2.45) is 4.99 Å². The van der Waals surface area contributed by atoms with Gasteiger partial charge in [-0.2, -0.15) is 0 Å². The summed E-state index contributed by atoms with van der Waals surface area (Å²) in [5.41, 5.74) is 0.972.